The van der Waals surface area contributed by atoms with Crippen molar-refractivity contribution in [2.24, 2.45) is 5.73 Å². The van der Waals surface area contributed by atoms with Crippen LogP contribution in [0.3, 0.4) is 0 Å². The van der Waals surface area contributed by atoms with Gasteiger partial charge in [0.15, 0.2) is 11.6 Å². The molecule has 2 aromatic carbocycles. The molecule has 0 aromatic heterocycles. The molecule has 0 saturated heterocycles. The Kier molecular flexibility index (Phi) is 3.74. The Morgan fingerprint density at radius 1 is 1.05 bits per heavy atom. The Balaban J connectivity index is 2.26. The molecule has 4 nitrogen and oxygen atoms in total. The minimum absolute atomic E-state index is 0.197. The van der Waals surface area contributed by atoms with E-state index in [1.165, 1.54) is 30.3 Å². The normalized spacial score (nSPS) is 10.1. The highest BCUT2D eigenvalue weighted by atomic mass is 19.2. The van der Waals surface area contributed by atoms with Gasteiger partial charge in [0.05, 0.1) is 5.56 Å². The largest absolute Gasteiger partial charge is 0.366 e. The second-order valence-electron chi connectivity index (χ2n) is 4.00. The molecule has 2 aromatic rings. The van der Waals surface area contributed by atoms with E-state index in [0.717, 1.165) is 12.1 Å². The van der Waals surface area contributed by atoms with Crippen LogP contribution in [-0.4, -0.2) is 11.8 Å². The predicted octanol–water partition coefficient (Wildman–Crippen LogP) is 2.32. The molecule has 0 radical (unpaired) electrons. The third-order valence-electron chi connectivity index (χ3n) is 2.60. The molecule has 0 aliphatic carbocycles. The summed E-state index contributed by atoms with van der Waals surface area (Å²) >= 11 is 0. The number of hydrogen-bond acceptors (Lipinski definition) is 2. The summed E-state index contributed by atoms with van der Waals surface area (Å²) in [5.74, 6) is -3.80. The van der Waals surface area contributed by atoms with Gasteiger partial charge in [-0.15, -0.1) is 0 Å². The van der Waals surface area contributed by atoms with Gasteiger partial charge in [-0.3, -0.25) is 9.59 Å². The van der Waals surface area contributed by atoms with Crippen LogP contribution in [0.2, 0.25) is 0 Å². The van der Waals surface area contributed by atoms with Crippen molar-refractivity contribution in [1.29, 1.82) is 0 Å². The molecule has 6 heteroatoms. The van der Waals surface area contributed by atoms with Crippen LogP contribution in [-0.2, 0) is 0 Å². The molecular weight excluding hydrogens is 266 g/mol. The molecule has 0 fully saturated rings. The minimum Gasteiger partial charge on any atom is -0.366 e. The smallest absolute Gasteiger partial charge is 0.258 e. The molecule has 20 heavy (non-hydrogen) atoms. The first-order chi connectivity index (χ1) is 9.49. The zero-order chi connectivity index (χ0) is 14.7. The quantitative estimate of drug-likeness (QED) is 0.903. The van der Waals surface area contributed by atoms with E-state index < -0.39 is 29.0 Å². The first-order valence-corrected chi connectivity index (χ1v) is 5.64. The van der Waals surface area contributed by atoms with Crippen LogP contribution in [0, 0.1) is 11.6 Å². The van der Waals surface area contributed by atoms with Gasteiger partial charge in [0.25, 0.3) is 5.91 Å². The van der Waals surface area contributed by atoms with Gasteiger partial charge in [-0.1, -0.05) is 12.1 Å². The molecule has 0 heterocycles. The van der Waals surface area contributed by atoms with Crippen LogP contribution in [0.5, 0.6) is 0 Å². The first kappa shape index (κ1) is 13.7. The number of carbonyl (C=O) groups excluding carboxylic acids is 2. The van der Waals surface area contributed by atoms with Gasteiger partial charge in [0.2, 0.25) is 5.91 Å². The van der Waals surface area contributed by atoms with Crippen LogP contribution in [0.1, 0.15) is 20.7 Å². The van der Waals surface area contributed by atoms with Gasteiger partial charge in [0.1, 0.15) is 0 Å². The van der Waals surface area contributed by atoms with Crippen LogP contribution in [0.25, 0.3) is 0 Å². The first-order valence-electron chi connectivity index (χ1n) is 5.64. The van der Waals surface area contributed by atoms with Crippen molar-refractivity contribution in [3.63, 3.8) is 0 Å². The molecule has 0 aliphatic rings. The van der Waals surface area contributed by atoms with Crippen LogP contribution >= 0.6 is 0 Å². The lowest BCUT2D eigenvalue weighted by atomic mass is 10.1. The molecular formula is C14H10F2N2O2. The average Bonchev–Trinajstić information content (AvgIpc) is 2.42. The van der Waals surface area contributed by atoms with Crippen molar-refractivity contribution in [2.45, 2.75) is 0 Å². The number of rotatable bonds is 3. The molecule has 0 aliphatic heterocycles. The maximum Gasteiger partial charge on any atom is 0.258 e. The molecule has 2 amide bonds. The molecule has 0 spiro atoms. The van der Waals surface area contributed by atoms with Crippen LogP contribution in [0.15, 0.2) is 42.5 Å². The third kappa shape index (κ3) is 2.80. The lowest BCUT2D eigenvalue weighted by molar-refractivity contribution is 0.0995. The number of primary amides is 1. The van der Waals surface area contributed by atoms with Crippen molar-refractivity contribution < 1.29 is 18.4 Å². The molecule has 2 rings (SSSR count). The molecule has 3 N–H and O–H groups in total. The Morgan fingerprint density at radius 2 is 1.75 bits per heavy atom. The zero-order valence-electron chi connectivity index (χ0n) is 10.2. The minimum atomic E-state index is -1.23. The highest BCUT2D eigenvalue weighted by Crippen LogP contribution is 2.15. The fourth-order valence-corrected chi connectivity index (χ4v) is 1.63. The SMILES string of the molecule is NC(=O)c1cccc(NC(=O)c2cccc(F)c2F)c1. The van der Waals surface area contributed by atoms with Crippen LogP contribution < -0.4 is 11.1 Å². The summed E-state index contributed by atoms with van der Waals surface area (Å²) < 4.78 is 26.5. The van der Waals surface area contributed by atoms with E-state index in [9.17, 15) is 18.4 Å². The van der Waals surface area contributed by atoms with Gasteiger partial charge in [-0.25, -0.2) is 8.78 Å². The summed E-state index contributed by atoms with van der Waals surface area (Å²) in [6, 6.07) is 9.13. The summed E-state index contributed by atoms with van der Waals surface area (Å²) in [7, 11) is 0. The van der Waals surface area contributed by atoms with E-state index in [1.54, 1.807) is 0 Å². The van der Waals surface area contributed by atoms with Gasteiger partial charge < -0.3 is 11.1 Å². The van der Waals surface area contributed by atoms with Gasteiger partial charge in [-0.05, 0) is 30.3 Å². The summed E-state index contributed by atoms with van der Waals surface area (Å²) in [6.45, 7) is 0. The van der Waals surface area contributed by atoms with E-state index >= 15 is 0 Å². The number of carbonyl (C=O) groups is 2. The highest BCUT2D eigenvalue weighted by Gasteiger charge is 2.15. The van der Waals surface area contributed by atoms with Gasteiger partial charge in [0, 0.05) is 11.3 Å². The molecule has 0 atom stereocenters. The van der Waals surface area contributed by atoms with Crippen LogP contribution in [0.4, 0.5) is 14.5 Å². The molecule has 0 saturated carbocycles. The number of anilines is 1. The summed E-state index contributed by atoms with van der Waals surface area (Å²) in [6.07, 6.45) is 0. The van der Waals surface area contributed by atoms with Crippen molar-refractivity contribution in [1.82, 2.24) is 0 Å². The topological polar surface area (TPSA) is 72.2 Å². The Hall–Kier alpha value is -2.76. The lowest BCUT2D eigenvalue weighted by Crippen LogP contribution is -2.16. The number of benzene rings is 2. The molecule has 102 valence electrons. The monoisotopic (exact) mass is 276 g/mol. The number of nitrogens with two attached hydrogens (primary N) is 1. The number of amides is 2. The molecule has 0 unspecified atom stereocenters. The standard InChI is InChI=1S/C14H10F2N2O2/c15-11-6-2-5-10(12(11)16)14(20)18-9-4-1-3-8(7-9)13(17)19/h1-7H,(H2,17,19)(H,18,20). The number of nitrogens with one attached hydrogen (secondary N) is 1. The van der Waals surface area contributed by atoms with E-state index in [1.807, 2.05) is 0 Å². The Labute approximate surface area is 113 Å². The van der Waals surface area contributed by atoms with E-state index in [-0.39, 0.29) is 11.3 Å². The average molecular weight is 276 g/mol. The summed E-state index contributed by atoms with van der Waals surface area (Å²) in [4.78, 5) is 22.8. The van der Waals surface area contributed by atoms with Gasteiger partial charge in [-0.2, -0.15) is 0 Å². The van der Waals surface area contributed by atoms with E-state index in [4.69, 9.17) is 5.73 Å². The molecule has 0 bridgehead atoms. The fourth-order valence-electron chi connectivity index (χ4n) is 1.63. The van der Waals surface area contributed by atoms with Crippen molar-refractivity contribution in [3.05, 3.63) is 65.2 Å². The fraction of sp³-hybridized carbons (Fsp3) is 0. The maximum absolute atomic E-state index is 13.5. The lowest BCUT2D eigenvalue weighted by Gasteiger charge is -2.07. The highest BCUT2D eigenvalue weighted by molar-refractivity contribution is 6.05. The van der Waals surface area contributed by atoms with Gasteiger partial charge >= 0.3 is 0 Å². The second kappa shape index (κ2) is 5.48. The Bertz CT molecular complexity index is 687. The zero-order valence-corrected chi connectivity index (χ0v) is 10.2. The number of hydrogen-bond donors (Lipinski definition) is 2. The summed E-state index contributed by atoms with van der Waals surface area (Å²) in [5.41, 5.74) is 5.14. The van der Waals surface area contributed by atoms with E-state index in [0.29, 0.717) is 0 Å². The Morgan fingerprint density at radius 3 is 2.45 bits per heavy atom. The number of halogens is 2. The summed E-state index contributed by atoms with van der Waals surface area (Å²) in [5, 5.41) is 2.37. The van der Waals surface area contributed by atoms with Crippen molar-refractivity contribution in [3.8, 4) is 0 Å². The second-order valence-corrected chi connectivity index (χ2v) is 4.00. The predicted molar refractivity (Wildman–Crippen MR) is 69.3 cm³/mol. The third-order valence-corrected chi connectivity index (χ3v) is 2.60. The van der Waals surface area contributed by atoms with Crippen molar-refractivity contribution in [2.75, 3.05) is 5.32 Å². The van der Waals surface area contributed by atoms with E-state index in [2.05, 4.69) is 5.32 Å². The van der Waals surface area contributed by atoms with Crippen molar-refractivity contribution >= 4 is 17.5 Å². The maximum atomic E-state index is 13.5.